The second kappa shape index (κ2) is 8.76. The Morgan fingerprint density at radius 1 is 1.23 bits per heavy atom. The van der Waals surface area contributed by atoms with Crippen LogP contribution in [0.1, 0.15) is 43.0 Å². The molecule has 0 amide bonds. The van der Waals surface area contributed by atoms with Gasteiger partial charge in [0, 0.05) is 24.5 Å². The molecule has 0 atom stereocenters. The molecule has 7 nitrogen and oxygen atoms in total. The zero-order chi connectivity index (χ0) is 16.5. The average molecular weight is 309 g/mol. The molecule has 120 valence electrons. The van der Waals surface area contributed by atoms with Crippen LogP contribution in [0.5, 0.6) is 5.75 Å². The maximum atomic E-state index is 12.0. The first-order valence-electron chi connectivity index (χ1n) is 7.00. The van der Waals surface area contributed by atoms with E-state index in [0.717, 1.165) is 0 Å². The fourth-order valence-corrected chi connectivity index (χ4v) is 1.94. The lowest BCUT2D eigenvalue weighted by Crippen LogP contribution is -2.05. The first-order valence-corrected chi connectivity index (χ1v) is 7.00. The minimum atomic E-state index is -0.587. The summed E-state index contributed by atoms with van der Waals surface area (Å²) in [5.74, 6) is -0.367. The van der Waals surface area contributed by atoms with Crippen molar-refractivity contribution in [2.24, 2.45) is 0 Å². The average Bonchev–Trinajstić information content (AvgIpc) is 2.50. The summed E-state index contributed by atoms with van der Waals surface area (Å²) in [5, 5.41) is 10.9. The molecule has 0 aliphatic heterocycles. The highest BCUT2D eigenvalue weighted by Gasteiger charge is 2.18. The second-order valence-corrected chi connectivity index (χ2v) is 4.58. The van der Waals surface area contributed by atoms with Crippen LogP contribution >= 0.6 is 0 Å². The molecule has 7 heteroatoms. The number of nitrogens with zero attached hydrogens (tertiary/aromatic N) is 1. The molecule has 0 fully saturated rings. The number of carbonyl (C=O) groups is 2. The largest absolute Gasteiger partial charge is 0.490 e. The summed E-state index contributed by atoms with van der Waals surface area (Å²) in [6.07, 6.45) is 1.56. The van der Waals surface area contributed by atoms with E-state index in [2.05, 4.69) is 0 Å². The van der Waals surface area contributed by atoms with Gasteiger partial charge in [0.25, 0.3) is 0 Å². The topological polar surface area (TPSA) is 95.7 Å². The quantitative estimate of drug-likeness (QED) is 0.229. The van der Waals surface area contributed by atoms with Crippen molar-refractivity contribution in [1.29, 1.82) is 0 Å². The third-order valence-electron chi connectivity index (χ3n) is 3.04. The molecule has 0 N–H and O–H groups in total. The predicted molar refractivity (Wildman–Crippen MR) is 79.1 cm³/mol. The Morgan fingerprint density at radius 3 is 2.50 bits per heavy atom. The summed E-state index contributed by atoms with van der Waals surface area (Å²) in [6, 6.07) is 4.12. The number of carbonyl (C=O) groups excluding carboxylic acids is 2. The van der Waals surface area contributed by atoms with Gasteiger partial charge in [-0.2, -0.15) is 0 Å². The standard InChI is InChI=1S/C15H19NO6/c1-3-22-15(18)7-5-4-6-13(17)11-8-9-14(21-2)12(10-11)16(19)20/h8-10H,3-7H2,1-2H3. The minimum absolute atomic E-state index is 0.115. The lowest BCUT2D eigenvalue weighted by molar-refractivity contribution is -0.385. The number of hydrogen-bond donors (Lipinski definition) is 0. The SMILES string of the molecule is CCOC(=O)CCCCC(=O)c1ccc(OC)c([N+](=O)[O-])c1. The molecular weight excluding hydrogens is 290 g/mol. The summed E-state index contributed by atoms with van der Waals surface area (Å²) >= 11 is 0. The maximum absolute atomic E-state index is 12.0. The smallest absolute Gasteiger partial charge is 0.311 e. The van der Waals surface area contributed by atoms with Gasteiger partial charge in [-0.05, 0) is 31.9 Å². The highest BCUT2D eigenvalue weighted by molar-refractivity contribution is 5.97. The monoisotopic (exact) mass is 309 g/mol. The number of hydrogen-bond acceptors (Lipinski definition) is 6. The van der Waals surface area contributed by atoms with E-state index in [1.807, 2.05) is 0 Å². The van der Waals surface area contributed by atoms with E-state index in [4.69, 9.17) is 9.47 Å². The van der Waals surface area contributed by atoms with Crippen LogP contribution in [0.2, 0.25) is 0 Å². The first-order chi connectivity index (χ1) is 10.5. The Bertz CT molecular complexity index is 555. The van der Waals surface area contributed by atoms with Crippen molar-refractivity contribution in [3.63, 3.8) is 0 Å². The molecule has 0 saturated carbocycles. The van der Waals surface area contributed by atoms with Crippen LogP contribution in [0.25, 0.3) is 0 Å². The van der Waals surface area contributed by atoms with Crippen LogP contribution in [0.4, 0.5) is 5.69 Å². The first kappa shape index (κ1) is 17.6. The van der Waals surface area contributed by atoms with Gasteiger partial charge in [0.2, 0.25) is 0 Å². The van der Waals surface area contributed by atoms with Crippen LogP contribution < -0.4 is 4.74 Å². The summed E-state index contributed by atoms with van der Waals surface area (Å²) < 4.78 is 9.67. The van der Waals surface area contributed by atoms with Gasteiger partial charge in [0.05, 0.1) is 18.6 Å². The number of ether oxygens (including phenoxy) is 2. The Hall–Kier alpha value is -2.44. The molecule has 0 heterocycles. The number of Topliss-reactive ketones (excluding diaryl/α,β-unsaturated/α-hetero) is 1. The van der Waals surface area contributed by atoms with E-state index in [1.54, 1.807) is 6.92 Å². The van der Waals surface area contributed by atoms with E-state index in [-0.39, 0.29) is 41.6 Å². The van der Waals surface area contributed by atoms with E-state index >= 15 is 0 Å². The number of nitro benzene ring substituents is 1. The Labute approximate surface area is 128 Å². The van der Waals surface area contributed by atoms with E-state index in [1.165, 1.54) is 25.3 Å². The van der Waals surface area contributed by atoms with Crippen molar-refractivity contribution >= 4 is 17.4 Å². The number of nitro groups is 1. The molecule has 0 spiro atoms. The zero-order valence-electron chi connectivity index (χ0n) is 12.7. The Balaban J connectivity index is 2.57. The number of unbranched alkanes of at least 4 members (excludes halogenated alkanes) is 1. The maximum Gasteiger partial charge on any atom is 0.311 e. The summed E-state index contributed by atoms with van der Waals surface area (Å²) in [4.78, 5) is 33.5. The second-order valence-electron chi connectivity index (χ2n) is 4.58. The highest BCUT2D eigenvalue weighted by atomic mass is 16.6. The van der Waals surface area contributed by atoms with Crippen molar-refractivity contribution in [3.05, 3.63) is 33.9 Å². The molecule has 22 heavy (non-hydrogen) atoms. The molecule has 0 saturated heterocycles. The fourth-order valence-electron chi connectivity index (χ4n) is 1.94. The van der Waals surface area contributed by atoms with E-state index in [9.17, 15) is 19.7 Å². The molecule has 0 aliphatic rings. The van der Waals surface area contributed by atoms with Crippen LogP contribution in [0, 0.1) is 10.1 Å². The van der Waals surface area contributed by atoms with Gasteiger partial charge in [-0.15, -0.1) is 0 Å². The molecule has 0 unspecified atom stereocenters. The van der Waals surface area contributed by atoms with Crippen LogP contribution in [0.3, 0.4) is 0 Å². The lowest BCUT2D eigenvalue weighted by Gasteiger charge is -2.05. The van der Waals surface area contributed by atoms with Gasteiger partial charge in [-0.25, -0.2) is 0 Å². The number of rotatable bonds is 9. The van der Waals surface area contributed by atoms with Gasteiger partial charge >= 0.3 is 11.7 Å². The molecule has 1 aromatic rings. The Kier molecular flexibility index (Phi) is 7.01. The van der Waals surface area contributed by atoms with Crippen LogP contribution in [-0.2, 0) is 9.53 Å². The van der Waals surface area contributed by atoms with Gasteiger partial charge in [0.15, 0.2) is 11.5 Å². The number of benzene rings is 1. The molecule has 1 aromatic carbocycles. The molecule has 0 aliphatic carbocycles. The zero-order valence-corrected chi connectivity index (χ0v) is 12.7. The van der Waals surface area contributed by atoms with Gasteiger partial charge in [-0.1, -0.05) is 0 Å². The molecule has 0 radical (unpaired) electrons. The van der Waals surface area contributed by atoms with Crippen molar-refractivity contribution in [3.8, 4) is 5.75 Å². The minimum Gasteiger partial charge on any atom is -0.490 e. The number of esters is 1. The van der Waals surface area contributed by atoms with Crippen molar-refractivity contribution in [1.82, 2.24) is 0 Å². The van der Waals surface area contributed by atoms with Gasteiger partial charge in [0.1, 0.15) is 0 Å². The van der Waals surface area contributed by atoms with Gasteiger partial charge in [-0.3, -0.25) is 19.7 Å². The van der Waals surface area contributed by atoms with Gasteiger partial charge < -0.3 is 9.47 Å². The third kappa shape index (κ3) is 5.16. The lowest BCUT2D eigenvalue weighted by atomic mass is 10.0. The molecule has 0 aromatic heterocycles. The number of ketones is 1. The number of methoxy groups -OCH3 is 1. The predicted octanol–water partition coefficient (Wildman–Crippen LogP) is 2.91. The normalized spacial score (nSPS) is 10.1. The van der Waals surface area contributed by atoms with Crippen LogP contribution in [-0.4, -0.2) is 30.4 Å². The summed E-state index contributed by atoms with van der Waals surface area (Å²) in [7, 11) is 1.33. The molecule has 0 bridgehead atoms. The van der Waals surface area contributed by atoms with E-state index < -0.39 is 4.92 Å². The Morgan fingerprint density at radius 2 is 1.91 bits per heavy atom. The molecular formula is C15H19NO6. The van der Waals surface area contributed by atoms with Crippen LogP contribution in [0.15, 0.2) is 18.2 Å². The van der Waals surface area contributed by atoms with Crippen molar-refractivity contribution in [2.45, 2.75) is 32.6 Å². The fraction of sp³-hybridized carbons (Fsp3) is 0.467. The summed E-state index contributed by atoms with van der Waals surface area (Å²) in [5.41, 5.74) is 0.0310. The summed E-state index contributed by atoms with van der Waals surface area (Å²) in [6.45, 7) is 2.07. The molecule has 1 rings (SSSR count). The van der Waals surface area contributed by atoms with Crippen molar-refractivity contribution < 1.29 is 24.0 Å². The van der Waals surface area contributed by atoms with E-state index in [0.29, 0.717) is 19.4 Å². The van der Waals surface area contributed by atoms with Crippen molar-refractivity contribution in [2.75, 3.05) is 13.7 Å². The third-order valence-corrected chi connectivity index (χ3v) is 3.04. The highest BCUT2D eigenvalue weighted by Crippen LogP contribution is 2.28.